The fourth-order valence-electron chi connectivity index (χ4n) is 14.4. The van der Waals surface area contributed by atoms with Crippen molar-refractivity contribution in [3.63, 3.8) is 0 Å². The van der Waals surface area contributed by atoms with Gasteiger partial charge in [-0.05, 0) is 117 Å². The number of hydrogen-bond acceptors (Lipinski definition) is 17. The summed E-state index contributed by atoms with van der Waals surface area (Å²) in [5, 5.41) is 105. The van der Waals surface area contributed by atoms with Gasteiger partial charge in [0.2, 0.25) is 6.29 Å². The molecule has 3 saturated carbocycles. The van der Waals surface area contributed by atoms with Crippen molar-refractivity contribution in [1.82, 2.24) is 0 Å². The molecule has 8 rings (SSSR count). The largest absolute Gasteiger partial charge is 0.432 e. The van der Waals surface area contributed by atoms with Gasteiger partial charge in [-0.25, -0.2) is 0 Å². The van der Waals surface area contributed by atoms with Crippen LogP contribution in [0.1, 0.15) is 106 Å². The van der Waals surface area contributed by atoms with E-state index in [1.807, 2.05) is 0 Å². The van der Waals surface area contributed by atoms with Gasteiger partial charge in [0.15, 0.2) is 12.6 Å². The van der Waals surface area contributed by atoms with Crippen molar-refractivity contribution in [2.24, 2.45) is 51.8 Å². The second-order valence-corrected chi connectivity index (χ2v) is 21.5. The number of carbonyl (C=O) groups excluding carboxylic acids is 1. The molecule has 3 aliphatic heterocycles. The zero-order chi connectivity index (χ0) is 45.7. The molecule has 0 aromatic carbocycles. The Morgan fingerprint density at radius 3 is 1.89 bits per heavy atom. The molecule has 6 fully saturated rings. The molecular weight excluding hydrogens is 824 g/mol. The Morgan fingerprint density at radius 2 is 1.24 bits per heavy atom. The van der Waals surface area contributed by atoms with Crippen LogP contribution in [0.4, 0.5) is 0 Å². The highest BCUT2D eigenvalue weighted by molar-refractivity contribution is 5.79. The van der Waals surface area contributed by atoms with Crippen LogP contribution >= 0.6 is 0 Å². The topological polar surface area (TPSA) is 275 Å². The molecule has 0 spiro atoms. The van der Waals surface area contributed by atoms with Crippen LogP contribution in [0.2, 0.25) is 0 Å². The third-order valence-electron chi connectivity index (χ3n) is 18.1. The van der Waals surface area contributed by atoms with Crippen molar-refractivity contribution in [1.29, 1.82) is 0 Å². The lowest BCUT2D eigenvalue weighted by atomic mass is 9.41. The van der Waals surface area contributed by atoms with Gasteiger partial charge in [0, 0.05) is 0 Å². The summed E-state index contributed by atoms with van der Waals surface area (Å²) in [5.74, 6) is 1.15. The van der Waals surface area contributed by atoms with E-state index in [2.05, 4.69) is 34.6 Å². The van der Waals surface area contributed by atoms with Crippen LogP contribution in [0.25, 0.3) is 0 Å². The van der Waals surface area contributed by atoms with Crippen molar-refractivity contribution >= 4 is 5.97 Å². The lowest BCUT2D eigenvalue weighted by molar-refractivity contribution is -0.364. The molecule has 360 valence electrons. The number of aliphatic hydroxyl groups excluding tert-OH is 10. The molecule has 3 saturated heterocycles. The zero-order valence-electron chi connectivity index (χ0n) is 37.5. The van der Waals surface area contributed by atoms with E-state index in [9.17, 15) is 55.9 Å². The molecule has 24 atom stereocenters. The Balaban J connectivity index is 0.959. The van der Waals surface area contributed by atoms with E-state index < -0.39 is 117 Å². The van der Waals surface area contributed by atoms with Crippen LogP contribution in [0.15, 0.2) is 11.1 Å². The second-order valence-electron chi connectivity index (χ2n) is 21.5. The maximum Gasteiger partial charge on any atom is 0.315 e. The molecule has 0 bridgehead atoms. The summed E-state index contributed by atoms with van der Waals surface area (Å²) in [4.78, 5) is 14.5. The highest BCUT2D eigenvalue weighted by Crippen LogP contribution is 2.68. The predicted octanol–water partition coefficient (Wildman–Crippen LogP) is 0.388. The Kier molecular flexibility index (Phi) is 13.7. The smallest absolute Gasteiger partial charge is 0.315 e. The molecule has 8 aliphatic rings. The average Bonchev–Trinajstić information content (AvgIpc) is 3.25. The molecule has 0 radical (unpaired) electrons. The van der Waals surface area contributed by atoms with Gasteiger partial charge in [-0.2, -0.15) is 0 Å². The molecule has 17 heteroatoms. The van der Waals surface area contributed by atoms with Gasteiger partial charge in [0.25, 0.3) is 0 Å². The quantitative estimate of drug-likeness (QED) is 0.0897. The Hall–Kier alpha value is -1.39. The van der Waals surface area contributed by atoms with E-state index in [1.165, 1.54) is 11.1 Å². The Morgan fingerprint density at radius 1 is 0.635 bits per heavy atom. The van der Waals surface area contributed by atoms with Gasteiger partial charge < -0.3 is 79.5 Å². The van der Waals surface area contributed by atoms with Crippen LogP contribution in [-0.2, 0) is 33.2 Å². The standard InChI is InChI=1S/C46H74O17/c1-19-11-15-46(43(57)63-42-37(55)34(52)32(50)27(18-48)60-42)16-12-22-23-8-10-28-44(4,5)29(13-14-45(28,6)25(23)9-7-24(22)30(46)20(19)2)61-40-38(56)35(53)39(21(3)58-40)62-41-36(54)33(51)31(49)26(17-47)59-41/h19-21,23,25-42,47-56H,7-18H2,1-6H3/t19-,20+,21-,23+,25+,26-,27-,28+,29+,30+,31-,32-,33+,34+,35-,36-,37-,38-,39+,40+,41+,42+,45-,46+/m1/s1. The minimum Gasteiger partial charge on any atom is -0.432 e. The molecule has 63 heavy (non-hydrogen) atoms. The van der Waals surface area contributed by atoms with Crippen molar-refractivity contribution < 1.29 is 84.3 Å². The molecule has 5 aliphatic carbocycles. The van der Waals surface area contributed by atoms with Crippen molar-refractivity contribution in [3.05, 3.63) is 11.1 Å². The number of allylic oxidation sites excluding steroid dienone is 2. The van der Waals surface area contributed by atoms with Gasteiger partial charge in [-0.3, -0.25) is 4.79 Å². The van der Waals surface area contributed by atoms with Crippen LogP contribution in [0.3, 0.4) is 0 Å². The minimum atomic E-state index is -1.68. The SMILES string of the molecule is C[C@H]1[C@H](C)CC[C@]2(C(=O)O[C@@H]3O[C@H](CO)[C@@H](O)[C@H](O)[C@H]3O)CCC3=C(CC[C@H]4[C@H]3CC[C@H]3C(C)(C)[C@@H](O[C@@H]5O[C@H](C)[C@H](O[C@@H]6O[C@H](CO)[C@@H](O)[C@H](O)[C@H]6O)[C@H](O)[C@H]5O)CC[C@]43C)[C@H]12. The summed E-state index contributed by atoms with van der Waals surface area (Å²) in [7, 11) is 0. The lowest BCUT2D eigenvalue weighted by Gasteiger charge is -2.64. The van der Waals surface area contributed by atoms with Crippen LogP contribution in [-0.4, -0.2) is 168 Å². The fourth-order valence-corrected chi connectivity index (χ4v) is 14.4. The maximum atomic E-state index is 14.5. The van der Waals surface area contributed by atoms with E-state index in [0.717, 1.165) is 44.9 Å². The molecule has 0 unspecified atom stereocenters. The lowest BCUT2D eigenvalue weighted by Crippen LogP contribution is -2.64. The molecule has 0 aromatic rings. The van der Waals surface area contributed by atoms with Gasteiger partial charge >= 0.3 is 5.97 Å². The number of rotatable bonds is 8. The van der Waals surface area contributed by atoms with Crippen LogP contribution in [0, 0.1) is 51.8 Å². The van der Waals surface area contributed by atoms with Gasteiger partial charge in [0.1, 0.15) is 67.1 Å². The van der Waals surface area contributed by atoms with Crippen molar-refractivity contribution in [2.45, 2.75) is 204 Å². The molecule has 0 amide bonds. The van der Waals surface area contributed by atoms with Gasteiger partial charge in [-0.1, -0.05) is 45.8 Å². The van der Waals surface area contributed by atoms with Crippen molar-refractivity contribution in [2.75, 3.05) is 13.2 Å². The fraction of sp³-hybridized carbons (Fsp3) is 0.935. The van der Waals surface area contributed by atoms with E-state index >= 15 is 0 Å². The third-order valence-corrected chi connectivity index (χ3v) is 18.1. The molecule has 17 nitrogen and oxygen atoms in total. The zero-order valence-corrected chi connectivity index (χ0v) is 37.5. The first kappa shape index (κ1) is 48.1. The summed E-state index contributed by atoms with van der Waals surface area (Å²) in [5.41, 5.74) is 1.70. The Bertz CT molecular complexity index is 1670. The second kappa shape index (κ2) is 17.9. The highest BCUT2D eigenvalue weighted by Gasteiger charge is 2.63. The number of aliphatic hydroxyl groups is 10. The first-order valence-electron chi connectivity index (χ1n) is 23.6. The summed E-state index contributed by atoms with van der Waals surface area (Å²) in [6, 6.07) is 0. The monoisotopic (exact) mass is 898 g/mol. The summed E-state index contributed by atoms with van der Waals surface area (Å²) in [6.07, 6.45) is -13.4. The van der Waals surface area contributed by atoms with Crippen LogP contribution in [0.5, 0.6) is 0 Å². The number of hydrogen-bond donors (Lipinski definition) is 10. The van der Waals surface area contributed by atoms with E-state index in [1.54, 1.807) is 6.92 Å². The van der Waals surface area contributed by atoms with E-state index in [4.69, 9.17) is 28.4 Å². The average molecular weight is 899 g/mol. The number of ether oxygens (including phenoxy) is 6. The third kappa shape index (κ3) is 7.87. The summed E-state index contributed by atoms with van der Waals surface area (Å²) < 4.78 is 35.7. The predicted molar refractivity (Wildman–Crippen MR) is 220 cm³/mol. The minimum absolute atomic E-state index is 0.0178. The first-order chi connectivity index (χ1) is 29.7. The van der Waals surface area contributed by atoms with Crippen LogP contribution < -0.4 is 0 Å². The first-order valence-corrected chi connectivity index (χ1v) is 23.6. The van der Waals surface area contributed by atoms with Gasteiger partial charge in [-0.15, -0.1) is 0 Å². The van der Waals surface area contributed by atoms with E-state index in [-0.39, 0.29) is 34.7 Å². The summed E-state index contributed by atoms with van der Waals surface area (Å²) in [6.45, 7) is 11.8. The Labute approximate surface area is 369 Å². The molecule has 0 aromatic heterocycles. The summed E-state index contributed by atoms with van der Waals surface area (Å²) >= 11 is 0. The number of fused-ring (bicyclic) bond motifs is 6. The highest BCUT2D eigenvalue weighted by atomic mass is 16.7. The molecular formula is C46H74O17. The number of esters is 1. The van der Waals surface area contributed by atoms with E-state index in [0.29, 0.717) is 37.0 Å². The van der Waals surface area contributed by atoms with Gasteiger partial charge in [0.05, 0.1) is 30.8 Å². The molecule has 10 N–H and O–H groups in total. The normalized spacial score (nSPS) is 53.4. The molecule has 3 heterocycles. The maximum absolute atomic E-state index is 14.5. The number of carbonyl (C=O) groups is 1. The van der Waals surface area contributed by atoms with Crippen molar-refractivity contribution in [3.8, 4) is 0 Å².